The Hall–Kier alpha value is -0.680. The third-order valence-corrected chi connectivity index (χ3v) is 4.04. The van der Waals surface area contributed by atoms with Gasteiger partial charge < -0.3 is 16.0 Å². The molecule has 4 nitrogen and oxygen atoms in total. The van der Waals surface area contributed by atoms with E-state index in [1.165, 1.54) is 0 Å². The Balaban J connectivity index is 4.82. The van der Waals surface area contributed by atoms with Gasteiger partial charge in [-0.25, -0.2) is 0 Å². The van der Waals surface area contributed by atoms with E-state index in [0.717, 1.165) is 38.6 Å². The van der Waals surface area contributed by atoms with Gasteiger partial charge in [0.1, 0.15) is 0 Å². The molecule has 0 heterocycles. The Bertz CT molecular complexity index is 312. The van der Waals surface area contributed by atoms with Crippen LogP contribution < -0.4 is 11.1 Å². The predicted molar refractivity (Wildman–Crippen MR) is 89.8 cm³/mol. The third-order valence-electron chi connectivity index (χ3n) is 3.65. The van der Waals surface area contributed by atoms with Crippen molar-refractivity contribution in [1.29, 1.82) is 0 Å². The fourth-order valence-electron chi connectivity index (χ4n) is 2.45. The molecule has 0 saturated carbocycles. The highest BCUT2D eigenvalue weighted by molar-refractivity contribution is 7.80. The number of carbonyl (C=O) groups is 1. The van der Waals surface area contributed by atoms with Gasteiger partial charge in [-0.1, -0.05) is 38.9 Å². The van der Waals surface area contributed by atoms with Crippen LogP contribution in [0.4, 0.5) is 0 Å². The van der Waals surface area contributed by atoms with Crippen LogP contribution in [0.25, 0.3) is 0 Å². The first-order valence-corrected chi connectivity index (χ1v) is 7.96. The van der Waals surface area contributed by atoms with Crippen LogP contribution in [-0.2, 0) is 4.79 Å². The summed E-state index contributed by atoms with van der Waals surface area (Å²) < 4.78 is 0. The van der Waals surface area contributed by atoms with Crippen molar-refractivity contribution >= 4 is 23.1 Å². The molecule has 0 rings (SSSR count). The minimum atomic E-state index is -0.675. The third kappa shape index (κ3) is 5.75. The second kappa shape index (κ2) is 9.29. The number of hydrogen-bond donors (Lipinski definition) is 2. The first-order chi connectivity index (χ1) is 9.30. The lowest BCUT2D eigenvalue weighted by atomic mass is 9.78. The topological polar surface area (TPSA) is 58.4 Å². The summed E-state index contributed by atoms with van der Waals surface area (Å²) in [6.07, 6.45) is 4.17. The number of nitrogens with two attached hydrogens (primary N) is 1. The molecule has 0 aliphatic rings. The lowest BCUT2D eigenvalue weighted by Gasteiger charge is -2.32. The molecule has 1 unspecified atom stereocenters. The van der Waals surface area contributed by atoms with E-state index in [1.54, 1.807) is 0 Å². The van der Waals surface area contributed by atoms with Gasteiger partial charge in [0.15, 0.2) is 0 Å². The van der Waals surface area contributed by atoms with Crippen LogP contribution >= 0.6 is 12.2 Å². The lowest BCUT2D eigenvalue weighted by molar-refractivity contribution is -0.128. The number of nitrogens with zero attached hydrogens (tertiary/aromatic N) is 1. The van der Waals surface area contributed by atoms with E-state index >= 15 is 0 Å². The summed E-state index contributed by atoms with van der Waals surface area (Å²) >= 11 is 5.20. The Morgan fingerprint density at radius 2 is 1.80 bits per heavy atom. The van der Waals surface area contributed by atoms with Crippen molar-refractivity contribution in [2.24, 2.45) is 11.1 Å². The van der Waals surface area contributed by atoms with Gasteiger partial charge in [0.25, 0.3) is 0 Å². The number of rotatable bonds is 10. The highest BCUT2D eigenvalue weighted by Gasteiger charge is 2.40. The molecule has 0 spiro atoms. The van der Waals surface area contributed by atoms with E-state index in [4.69, 9.17) is 18.0 Å². The fourth-order valence-corrected chi connectivity index (χ4v) is 2.75. The van der Waals surface area contributed by atoms with Gasteiger partial charge in [-0.05, 0) is 46.8 Å². The average molecular weight is 302 g/mol. The summed E-state index contributed by atoms with van der Waals surface area (Å²) in [7, 11) is 4.06. The second-order valence-corrected chi connectivity index (χ2v) is 6.35. The molecule has 0 aliphatic heterocycles. The van der Waals surface area contributed by atoms with Gasteiger partial charge >= 0.3 is 0 Å². The molecule has 1 atom stereocenters. The maximum Gasteiger partial charge on any atom is 0.233 e. The average Bonchev–Trinajstić information content (AvgIpc) is 2.35. The van der Waals surface area contributed by atoms with Crippen LogP contribution in [-0.4, -0.2) is 42.5 Å². The normalized spacial score (nSPS) is 13.3. The maximum absolute atomic E-state index is 12.6. The molecule has 0 aromatic heterocycles. The summed E-state index contributed by atoms with van der Waals surface area (Å²) in [5.74, 6) is -0.0000406. The Morgan fingerprint density at radius 1 is 1.30 bits per heavy atom. The van der Waals surface area contributed by atoms with Crippen molar-refractivity contribution in [2.45, 2.75) is 58.9 Å². The molecule has 20 heavy (non-hydrogen) atoms. The number of hydrogen-bond acceptors (Lipinski definition) is 3. The lowest BCUT2D eigenvalue weighted by Crippen LogP contribution is -2.51. The van der Waals surface area contributed by atoms with Crippen LogP contribution in [0, 0.1) is 5.41 Å². The molecule has 0 fully saturated rings. The summed E-state index contributed by atoms with van der Waals surface area (Å²) in [4.78, 5) is 15.1. The fraction of sp³-hybridized carbons (Fsp3) is 0.867. The molecule has 0 aromatic rings. The molecule has 118 valence electrons. The summed E-state index contributed by atoms with van der Waals surface area (Å²) in [5.41, 5.74) is 5.23. The molecule has 0 bridgehead atoms. The minimum Gasteiger partial charge on any atom is -0.392 e. The van der Waals surface area contributed by atoms with Crippen LogP contribution in [0.15, 0.2) is 0 Å². The van der Waals surface area contributed by atoms with Gasteiger partial charge in [0, 0.05) is 6.04 Å². The van der Waals surface area contributed by atoms with Gasteiger partial charge in [0.2, 0.25) is 5.91 Å². The van der Waals surface area contributed by atoms with E-state index in [2.05, 4.69) is 24.1 Å². The number of thiocarbonyl (C=S) groups is 1. The molecule has 3 N–H and O–H groups in total. The first kappa shape index (κ1) is 19.3. The van der Waals surface area contributed by atoms with Crippen molar-refractivity contribution in [3.63, 3.8) is 0 Å². The molecular formula is C15H31N3OS. The molecular weight excluding hydrogens is 270 g/mol. The summed E-state index contributed by atoms with van der Waals surface area (Å²) in [6.45, 7) is 7.10. The largest absolute Gasteiger partial charge is 0.392 e. The molecule has 5 heteroatoms. The summed E-state index contributed by atoms with van der Waals surface area (Å²) in [5, 5.41) is 3.09. The van der Waals surface area contributed by atoms with Gasteiger partial charge in [-0.15, -0.1) is 0 Å². The van der Waals surface area contributed by atoms with Crippen LogP contribution in [0.2, 0.25) is 0 Å². The van der Waals surface area contributed by atoms with E-state index in [0.29, 0.717) is 4.99 Å². The van der Waals surface area contributed by atoms with Crippen LogP contribution in [0.3, 0.4) is 0 Å². The van der Waals surface area contributed by atoms with Crippen molar-refractivity contribution in [3.05, 3.63) is 0 Å². The summed E-state index contributed by atoms with van der Waals surface area (Å²) in [6, 6.07) is 0.132. The van der Waals surface area contributed by atoms with Gasteiger partial charge in [-0.3, -0.25) is 4.79 Å². The van der Waals surface area contributed by atoms with Crippen LogP contribution in [0.5, 0.6) is 0 Å². The van der Waals surface area contributed by atoms with Crippen molar-refractivity contribution in [3.8, 4) is 0 Å². The monoisotopic (exact) mass is 301 g/mol. The van der Waals surface area contributed by atoms with E-state index in [-0.39, 0.29) is 11.9 Å². The quantitative estimate of drug-likeness (QED) is 0.608. The molecule has 0 aliphatic carbocycles. The van der Waals surface area contributed by atoms with Crippen LogP contribution in [0.1, 0.15) is 52.9 Å². The minimum absolute atomic E-state index is 0.0000406. The predicted octanol–water partition coefficient (Wildman–Crippen LogP) is 2.32. The Morgan fingerprint density at radius 3 is 2.15 bits per heavy atom. The first-order valence-electron chi connectivity index (χ1n) is 7.55. The zero-order valence-electron chi connectivity index (χ0n) is 13.7. The van der Waals surface area contributed by atoms with Gasteiger partial charge in [-0.2, -0.15) is 0 Å². The number of nitrogens with one attached hydrogen (secondary N) is 1. The molecule has 0 saturated heterocycles. The van der Waals surface area contributed by atoms with Crippen molar-refractivity contribution in [2.75, 3.05) is 20.6 Å². The molecule has 0 radical (unpaired) electrons. The number of carbonyl (C=O) groups excluding carboxylic acids is 1. The van der Waals surface area contributed by atoms with E-state index in [9.17, 15) is 4.79 Å². The second-order valence-electron chi connectivity index (χ2n) is 5.91. The SMILES string of the molecule is CCCC(CCC)(C(=O)NC(C)CCN(C)C)C(N)=S. The highest BCUT2D eigenvalue weighted by Crippen LogP contribution is 2.31. The van der Waals surface area contributed by atoms with E-state index in [1.807, 2.05) is 21.0 Å². The standard InChI is InChI=1S/C15H31N3OS/c1-6-9-15(10-7-2,13(16)20)14(19)17-12(3)8-11-18(4)5/h12H,6-11H2,1-5H3,(H2,16,20)(H,17,19). The smallest absolute Gasteiger partial charge is 0.233 e. The molecule has 1 amide bonds. The Kier molecular flexibility index (Phi) is 8.98. The zero-order valence-corrected chi connectivity index (χ0v) is 14.5. The zero-order chi connectivity index (χ0) is 15.8. The number of amides is 1. The highest BCUT2D eigenvalue weighted by atomic mass is 32.1. The molecule has 0 aromatic carbocycles. The van der Waals surface area contributed by atoms with Crippen molar-refractivity contribution in [1.82, 2.24) is 10.2 Å². The van der Waals surface area contributed by atoms with Crippen molar-refractivity contribution < 1.29 is 4.79 Å². The Labute approximate surface area is 129 Å². The van der Waals surface area contributed by atoms with E-state index < -0.39 is 5.41 Å². The van der Waals surface area contributed by atoms with Gasteiger partial charge in [0.05, 0.1) is 10.4 Å². The maximum atomic E-state index is 12.6.